The van der Waals surface area contributed by atoms with Crippen molar-refractivity contribution in [1.29, 1.82) is 0 Å². The minimum Gasteiger partial charge on any atom is -0.495 e. The van der Waals surface area contributed by atoms with E-state index >= 15 is 0 Å². The third kappa shape index (κ3) is 4.29. The summed E-state index contributed by atoms with van der Waals surface area (Å²) >= 11 is 6.14. The largest absolute Gasteiger partial charge is 0.495 e. The normalized spacial score (nSPS) is 10.3. The molecule has 0 aliphatic carbocycles. The Balaban J connectivity index is 1.87. The summed E-state index contributed by atoms with van der Waals surface area (Å²) in [6.45, 7) is 1.89. The molecule has 0 aliphatic heterocycles. The van der Waals surface area contributed by atoms with Gasteiger partial charge in [0.05, 0.1) is 37.4 Å². The first kappa shape index (κ1) is 19.4. The van der Waals surface area contributed by atoms with E-state index in [1.54, 1.807) is 37.4 Å². The van der Waals surface area contributed by atoms with Crippen LogP contribution in [0.1, 0.15) is 15.9 Å². The van der Waals surface area contributed by atoms with E-state index in [4.69, 9.17) is 21.1 Å². The van der Waals surface area contributed by atoms with Gasteiger partial charge < -0.3 is 20.1 Å². The standard InChI is InChI=1S/C19H18ClN5O3/c1-11-8-15(16(27-2)9-13(11)20)22-17-10-21-25-19(24-17)23-14-7-5-4-6-12(14)18(26)28-3/h4-10H,1-3H3,(H2,22,23,24,25). The number of benzene rings is 2. The van der Waals surface area contributed by atoms with E-state index in [0.717, 1.165) is 5.56 Å². The van der Waals surface area contributed by atoms with Gasteiger partial charge in [0, 0.05) is 11.1 Å². The van der Waals surface area contributed by atoms with Crippen molar-refractivity contribution >= 4 is 40.7 Å². The average Bonchev–Trinajstić information content (AvgIpc) is 2.70. The number of hydrogen-bond donors (Lipinski definition) is 2. The number of halogens is 1. The summed E-state index contributed by atoms with van der Waals surface area (Å²) in [7, 11) is 2.88. The lowest BCUT2D eigenvalue weighted by Gasteiger charge is -2.13. The molecular formula is C19H18ClN5O3. The molecule has 0 aliphatic rings. The van der Waals surface area contributed by atoms with Crippen molar-refractivity contribution in [3.8, 4) is 5.75 Å². The number of aromatic nitrogens is 3. The lowest BCUT2D eigenvalue weighted by Crippen LogP contribution is -2.08. The fourth-order valence-corrected chi connectivity index (χ4v) is 2.64. The predicted octanol–water partition coefficient (Wildman–Crippen LogP) is 4.12. The molecule has 0 unspecified atom stereocenters. The fourth-order valence-electron chi connectivity index (χ4n) is 2.49. The van der Waals surface area contributed by atoms with Crippen LogP contribution in [0, 0.1) is 6.92 Å². The van der Waals surface area contributed by atoms with Crippen molar-refractivity contribution in [2.24, 2.45) is 0 Å². The third-order valence-corrected chi connectivity index (χ3v) is 4.29. The van der Waals surface area contributed by atoms with E-state index in [1.165, 1.54) is 13.3 Å². The molecule has 0 bridgehead atoms. The van der Waals surface area contributed by atoms with E-state index in [9.17, 15) is 4.79 Å². The van der Waals surface area contributed by atoms with Crippen molar-refractivity contribution < 1.29 is 14.3 Å². The Bertz CT molecular complexity index is 1010. The molecule has 0 saturated heterocycles. The van der Waals surface area contributed by atoms with Crippen molar-refractivity contribution in [3.05, 3.63) is 58.7 Å². The summed E-state index contributed by atoms with van der Waals surface area (Å²) < 4.78 is 10.1. The molecule has 0 atom stereocenters. The Morgan fingerprint density at radius 1 is 1.11 bits per heavy atom. The molecule has 144 valence electrons. The number of hydrogen-bond acceptors (Lipinski definition) is 8. The van der Waals surface area contributed by atoms with E-state index in [2.05, 4.69) is 25.8 Å². The van der Waals surface area contributed by atoms with Gasteiger partial charge in [-0.05, 0) is 30.7 Å². The minimum absolute atomic E-state index is 0.214. The van der Waals surface area contributed by atoms with Crippen LogP contribution < -0.4 is 15.4 Å². The molecule has 2 aromatic carbocycles. The molecule has 28 heavy (non-hydrogen) atoms. The van der Waals surface area contributed by atoms with E-state index in [1.807, 2.05) is 13.0 Å². The summed E-state index contributed by atoms with van der Waals surface area (Å²) in [5, 5.41) is 14.6. The topological polar surface area (TPSA) is 98.3 Å². The number of nitrogens with one attached hydrogen (secondary N) is 2. The number of anilines is 4. The Morgan fingerprint density at radius 2 is 1.89 bits per heavy atom. The molecule has 0 radical (unpaired) electrons. The lowest BCUT2D eigenvalue weighted by molar-refractivity contribution is 0.0602. The van der Waals surface area contributed by atoms with Gasteiger partial charge in [-0.2, -0.15) is 10.1 Å². The van der Waals surface area contributed by atoms with Gasteiger partial charge in [-0.1, -0.05) is 23.7 Å². The number of nitrogens with zero attached hydrogens (tertiary/aromatic N) is 3. The second kappa shape index (κ2) is 8.53. The van der Waals surface area contributed by atoms with E-state index < -0.39 is 5.97 Å². The van der Waals surface area contributed by atoms with Crippen LogP contribution in [0.4, 0.5) is 23.1 Å². The molecule has 9 heteroatoms. The summed E-state index contributed by atoms with van der Waals surface area (Å²) in [4.78, 5) is 16.3. The number of para-hydroxylation sites is 1. The predicted molar refractivity (Wildman–Crippen MR) is 107 cm³/mol. The zero-order valence-electron chi connectivity index (χ0n) is 15.5. The highest BCUT2D eigenvalue weighted by atomic mass is 35.5. The zero-order chi connectivity index (χ0) is 20.1. The van der Waals surface area contributed by atoms with Crippen molar-refractivity contribution in [1.82, 2.24) is 15.2 Å². The van der Waals surface area contributed by atoms with Gasteiger partial charge in [0.15, 0.2) is 5.82 Å². The zero-order valence-corrected chi connectivity index (χ0v) is 16.2. The Kier molecular flexibility index (Phi) is 5.90. The third-order valence-electron chi connectivity index (χ3n) is 3.88. The highest BCUT2D eigenvalue weighted by Crippen LogP contribution is 2.32. The van der Waals surface area contributed by atoms with Crippen LogP contribution in [-0.4, -0.2) is 35.4 Å². The summed E-state index contributed by atoms with van der Waals surface area (Å²) in [6.07, 6.45) is 1.47. The monoisotopic (exact) mass is 399 g/mol. The van der Waals surface area contributed by atoms with Crippen molar-refractivity contribution in [3.63, 3.8) is 0 Å². The molecule has 3 aromatic rings. The second-order valence-electron chi connectivity index (χ2n) is 5.75. The van der Waals surface area contributed by atoms with Gasteiger partial charge in [-0.15, -0.1) is 5.10 Å². The smallest absolute Gasteiger partial charge is 0.339 e. The number of aryl methyl sites for hydroxylation is 1. The quantitative estimate of drug-likeness (QED) is 0.597. The van der Waals surface area contributed by atoms with Crippen LogP contribution in [0.25, 0.3) is 0 Å². The van der Waals surface area contributed by atoms with Gasteiger partial charge in [0.2, 0.25) is 5.95 Å². The minimum atomic E-state index is -0.466. The summed E-state index contributed by atoms with van der Waals surface area (Å²) in [6, 6.07) is 10.5. The van der Waals surface area contributed by atoms with Gasteiger partial charge in [-0.25, -0.2) is 4.79 Å². The fraction of sp³-hybridized carbons (Fsp3) is 0.158. The molecule has 1 heterocycles. The van der Waals surface area contributed by atoms with Gasteiger partial charge in [0.1, 0.15) is 5.75 Å². The highest BCUT2D eigenvalue weighted by Gasteiger charge is 2.13. The van der Waals surface area contributed by atoms with Crippen LogP contribution in [0.5, 0.6) is 5.75 Å². The molecule has 1 aromatic heterocycles. The number of carbonyl (C=O) groups is 1. The Hall–Kier alpha value is -3.39. The SMILES string of the molecule is COC(=O)c1ccccc1Nc1nncc(Nc2cc(C)c(Cl)cc2OC)n1. The van der Waals surface area contributed by atoms with Gasteiger partial charge >= 0.3 is 5.97 Å². The second-order valence-corrected chi connectivity index (χ2v) is 6.16. The Labute approximate surface area is 166 Å². The number of methoxy groups -OCH3 is 2. The van der Waals surface area contributed by atoms with Crippen LogP contribution in [0.3, 0.4) is 0 Å². The first-order chi connectivity index (χ1) is 13.5. The first-order valence-electron chi connectivity index (χ1n) is 8.27. The van der Waals surface area contributed by atoms with Crippen LogP contribution in [0.15, 0.2) is 42.6 Å². The van der Waals surface area contributed by atoms with E-state index in [0.29, 0.717) is 33.5 Å². The molecule has 0 saturated carbocycles. The van der Waals surface area contributed by atoms with Gasteiger partial charge in [-0.3, -0.25) is 0 Å². The maximum absolute atomic E-state index is 11.9. The molecule has 8 nitrogen and oxygen atoms in total. The molecule has 0 spiro atoms. The van der Waals surface area contributed by atoms with Crippen molar-refractivity contribution in [2.75, 3.05) is 24.9 Å². The van der Waals surface area contributed by atoms with Crippen molar-refractivity contribution in [2.45, 2.75) is 6.92 Å². The molecule has 0 amide bonds. The van der Waals surface area contributed by atoms with E-state index in [-0.39, 0.29) is 5.95 Å². The summed E-state index contributed by atoms with van der Waals surface area (Å²) in [5.41, 5.74) is 2.44. The first-order valence-corrected chi connectivity index (χ1v) is 8.65. The van der Waals surface area contributed by atoms with Crippen LogP contribution in [0.2, 0.25) is 5.02 Å². The van der Waals surface area contributed by atoms with Crippen LogP contribution in [-0.2, 0) is 4.74 Å². The maximum Gasteiger partial charge on any atom is 0.339 e. The highest BCUT2D eigenvalue weighted by molar-refractivity contribution is 6.31. The Morgan fingerprint density at radius 3 is 2.64 bits per heavy atom. The number of carbonyl (C=O) groups excluding carboxylic acids is 1. The summed E-state index contributed by atoms with van der Waals surface area (Å²) in [5.74, 6) is 0.755. The molecule has 0 fully saturated rings. The molecule has 2 N–H and O–H groups in total. The number of esters is 1. The maximum atomic E-state index is 11.9. The van der Waals surface area contributed by atoms with Crippen LogP contribution >= 0.6 is 11.6 Å². The number of ether oxygens (including phenoxy) is 2. The average molecular weight is 400 g/mol. The molecular weight excluding hydrogens is 382 g/mol. The number of rotatable bonds is 6. The molecule has 3 rings (SSSR count). The van der Waals surface area contributed by atoms with Gasteiger partial charge in [0.25, 0.3) is 0 Å². The lowest BCUT2D eigenvalue weighted by atomic mass is 10.2.